The molecule has 0 saturated carbocycles. The maximum atomic E-state index is 13.7. The summed E-state index contributed by atoms with van der Waals surface area (Å²) in [6, 6.07) is 4.57. The Hall–Kier alpha value is -1.27. The SMILES string of the molecule is CC(C(=O)O)c1nc(-c2cc(Br)ccc2F)cs1. The van der Waals surface area contributed by atoms with Gasteiger partial charge in [0.25, 0.3) is 0 Å². The van der Waals surface area contributed by atoms with Gasteiger partial charge in [-0.3, -0.25) is 4.79 Å². The summed E-state index contributed by atoms with van der Waals surface area (Å²) in [5.41, 5.74) is 0.825. The molecule has 0 fully saturated rings. The van der Waals surface area contributed by atoms with Gasteiger partial charge in [0.2, 0.25) is 0 Å². The van der Waals surface area contributed by atoms with Crippen molar-refractivity contribution in [1.29, 1.82) is 0 Å². The predicted molar refractivity (Wildman–Crippen MR) is 71.3 cm³/mol. The Morgan fingerprint density at radius 1 is 1.56 bits per heavy atom. The van der Waals surface area contributed by atoms with Gasteiger partial charge >= 0.3 is 5.97 Å². The molecular weight excluding hydrogens is 321 g/mol. The van der Waals surface area contributed by atoms with Crippen molar-refractivity contribution in [2.24, 2.45) is 0 Å². The number of carboxylic acid groups (broad SMARTS) is 1. The number of aromatic nitrogens is 1. The van der Waals surface area contributed by atoms with Crippen LogP contribution in [0.1, 0.15) is 17.8 Å². The molecule has 0 amide bonds. The zero-order valence-electron chi connectivity index (χ0n) is 9.35. The van der Waals surface area contributed by atoms with Crippen molar-refractivity contribution in [1.82, 2.24) is 4.98 Å². The molecule has 1 N–H and O–H groups in total. The Bertz CT molecular complexity index is 600. The summed E-state index contributed by atoms with van der Waals surface area (Å²) in [4.78, 5) is 15.0. The number of carboxylic acids is 1. The van der Waals surface area contributed by atoms with Crippen LogP contribution >= 0.6 is 27.3 Å². The number of thiazole rings is 1. The Kier molecular flexibility index (Phi) is 3.77. The highest BCUT2D eigenvalue weighted by molar-refractivity contribution is 9.10. The molecule has 2 rings (SSSR count). The second-order valence-electron chi connectivity index (χ2n) is 3.76. The fraction of sp³-hybridized carbons (Fsp3) is 0.167. The van der Waals surface area contributed by atoms with E-state index in [-0.39, 0.29) is 5.82 Å². The predicted octanol–water partition coefficient (Wildman–Crippen LogP) is 3.90. The lowest BCUT2D eigenvalue weighted by Gasteiger charge is -2.01. The molecule has 0 spiro atoms. The monoisotopic (exact) mass is 329 g/mol. The second-order valence-corrected chi connectivity index (χ2v) is 5.56. The first-order valence-corrected chi connectivity index (χ1v) is 6.80. The van der Waals surface area contributed by atoms with Gasteiger partial charge in [0, 0.05) is 15.4 Å². The highest BCUT2D eigenvalue weighted by Crippen LogP contribution is 2.30. The van der Waals surface area contributed by atoms with Crippen molar-refractivity contribution in [2.75, 3.05) is 0 Å². The first-order chi connectivity index (χ1) is 8.49. The Labute approximate surface area is 115 Å². The van der Waals surface area contributed by atoms with Crippen molar-refractivity contribution < 1.29 is 14.3 Å². The van der Waals surface area contributed by atoms with Gasteiger partial charge in [-0.1, -0.05) is 15.9 Å². The lowest BCUT2D eigenvalue weighted by atomic mass is 10.1. The van der Waals surface area contributed by atoms with Crippen LogP contribution in [0.3, 0.4) is 0 Å². The van der Waals surface area contributed by atoms with Crippen LogP contribution in [0.5, 0.6) is 0 Å². The summed E-state index contributed by atoms with van der Waals surface area (Å²) in [5, 5.41) is 11.0. The van der Waals surface area contributed by atoms with E-state index in [1.807, 2.05) is 0 Å². The third-order valence-electron chi connectivity index (χ3n) is 2.47. The molecule has 3 nitrogen and oxygen atoms in total. The van der Waals surface area contributed by atoms with Gasteiger partial charge < -0.3 is 5.11 Å². The van der Waals surface area contributed by atoms with E-state index in [1.54, 1.807) is 24.4 Å². The smallest absolute Gasteiger partial charge is 0.313 e. The molecule has 2 aromatic rings. The fourth-order valence-electron chi connectivity index (χ4n) is 1.41. The summed E-state index contributed by atoms with van der Waals surface area (Å²) in [5.74, 6) is -2.00. The van der Waals surface area contributed by atoms with Gasteiger partial charge in [-0.05, 0) is 25.1 Å². The van der Waals surface area contributed by atoms with E-state index in [0.717, 1.165) is 4.47 Å². The maximum Gasteiger partial charge on any atom is 0.313 e. The van der Waals surface area contributed by atoms with Crippen molar-refractivity contribution >= 4 is 33.2 Å². The van der Waals surface area contributed by atoms with Gasteiger partial charge in [-0.25, -0.2) is 9.37 Å². The molecule has 0 aliphatic carbocycles. The molecule has 0 aliphatic rings. The van der Waals surface area contributed by atoms with Crippen LogP contribution in [-0.4, -0.2) is 16.1 Å². The van der Waals surface area contributed by atoms with Crippen LogP contribution in [0.4, 0.5) is 4.39 Å². The van der Waals surface area contributed by atoms with Crippen LogP contribution in [-0.2, 0) is 4.79 Å². The average Bonchev–Trinajstić information content (AvgIpc) is 2.80. The molecule has 0 radical (unpaired) electrons. The maximum absolute atomic E-state index is 13.7. The lowest BCUT2D eigenvalue weighted by molar-refractivity contribution is -0.138. The summed E-state index contributed by atoms with van der Waals surface area (Å²) < 4.78 is 14.4. The molecule has 6 heteroatoms. The fourth-order valence-corrected chi connectivity index (χ4v) is 2.64. The molecule has 1 aromatic carbocycles. The molecule has 1 aromatic heterocycles. The van der Waals surface area contributed by atoms with Gasteiger partial charge in [-0.15, -0.1) is 11.3 Å². The van der Waals surface area contributed by atoms with E-state index in [4.69, 9.17) is 5.11 Å². The zero-order valence-corrected chi connectivity index (χ0v) is 11.8. The molecule has 0 aliphatic heterocycles. The minimum absolute atomic E-state index is 0.365. The molecule has 1 atom stereocenters. The van der Waals surface area contributed by atoms with Crippen molar-refractivity contribution in [3.05, 3.63) is 38.9 Å². The largest absolute Gasteiger partial charge is 0.481 e. The number of carbonyl (C=O) groups is 1. The Morgan fingerprint density at radius 2 is 2.28 bits per heavy atom. The lowest BCUT2D eigenvalue weighted by Crippen LogP contribution is -2.06. The van der Waals surface area contributed by atoms with Crippen molar-refractivity contribution in [2.45, 2.75) is 12.8 Å². The van der Waals surface area contributed by atoms with Crippen molar-refractivity contribution in [3.63, 3.8) is 0 Å². The molecule has 18 heavy (non-hydrogen) atoms. The summed E-state index contributed by atoms with van der Waals surface area (Å²) in [7, 11) is 0. The van der Waals surface area contributed by atoms with Crippen LogP contribution in [0.15, 0.2) is 28.1 Å². The highest BCUT2D eigenvalue weighted by atomic mass is 79.9. The molecule has 0 saturated heterocycles. The van der Waals surface area contributed by atoms with E-state index >= 15 is 0 Å². The van der Waals surface area contributed by atoms with Gasteiger partial charge in [0.15, 0.2) is 0 Å². The second kappa shape index (κ2) is 5.16. The normalized spacial score (nSPS) is 12.4. The number of hydrogen-bond donors (Lipinski definition) is 1. The first kappa shape index (κ1) is 13.2. The molecule has 0 bridgehead atoms. The van der Waals surface area contributed by atoms with E-state index < -0.39 is 11.9 Å². The Balaban J connectivity index is 2.41. The van der Waals surface area contributed by atoms with E-state index in [2.05, 4.69) is 20.9 Å². The molecule has 1 unspecified atom stereocenters. The molecular formula is C12H9BrFNO2S. The van der Waals surface area contributed by atoms with E-state index in [0.29, 0.717) is 16.3 Å². The van der Waals surface area contributed by atoms with Crippen LogP contribution in [0.25, 0.3) is 11.3 Å². The molecule has 94 valence electrons. The third-order valence-corrected chi connectivity index (χ3v) is 3.99. The Morgan fingerprint density at radius 3 is 2.94 bits per heavy atom. The van der Waals surface area contributed by atoms with E-state index in [1.165, 1.54) is 17.4 Å². The minimum Gasteiger partial charge on any atom is -0.481 e. The highest BCUT2D eigenvalue weighted by Gasteiger charge is 2.19. The standard InChI is InChI=1S/C12H9BrFNO2S/c1-6(12(16)17)11-15-10(5-18-11)8-4-7(13)2-3-9(8)14/h2-6H,1H3,(H,16,17). The van der Waals surface area contributed by atoms with Crippen LogP contribution < -0.4 is 0 Å². The zero-order chi connectivity index (χ0) is 13.3. The van der Waals surface area contributed by atoms with Crippen LogP contribution in [0.2, 0.25) is 0 Å². The first-order valence-electron chi connectivity index (χ1n) is 5.12. The third kappa shape index (κ3) is 2.59. The average molecular weight is 330 g/mol. The van der Waals surface area contributed by atoms with Gasteiger partial charge in [0.1, 0.15) is 16.7 Å². The number of halogens is 2. The number of aliphatic carboxylic acids is 1. The summed E-state index contributed by atoms with van der Waals surface area (Å²) in [6.07, 6.45) is 0. The summed E-state index contributed by atoms with van der Waals surface area (Å²) in [6.45, 7) is 1.56. The van der Waals surface area contributed by atoms with E-state index in [9.17, 15) is 9.18 Å². The van der Waals surface area contributed by atoms with Gasteiger partial charge in [0.05, 0.1) is 5.69 Å². The molecule has 1 heterocycles. The quantitative estimate of drug-likeness (QED) is 0.929. The van der Waals surface area contributed by atoms with Crippen LogP contribution in [0, 0.1) is 5.82 Å². The number of hydrogen-bond acceptors (Lipinski definition) is 3. The van der Waals surface area contributed by atoms with Crippen molar-refractivity contribution in [3.8, 4) is 11.3 Å². The topological polar surface area (TPSA) is 50.2 Å². The number of rotatable bonds is 3. The minimum atomic E-state index is -0.939. The summed E-state index contributed by atoms with van der Waals surface area (Å²) >= 11 is 4.49. The number of benzene rings is 1. The van der Waals surface area contributed by atoms with Gasteiger partial charge in [-0.2, -0.15) is 0 Å². The number of nitrogens with zero attached hydrogens (tertiary/aromatic N) is 1.